The van der Waals surface area contributed by atoms with Crippen molar-refractivity contribution in [3.63, 3.8) is 0 Å². The van der Waals surface area contributed by atoms with E-state index in [-0.39, 0.29) is 18.9 Å². The van der Waals surface area contributed by atoms with Crippen LogP contribution in [0, 0.1) is 5.92 Å². The SMILES string of the molecule is O=C(CCOCC(F)(F)F)N1CCCC(CCl)C1. The molecule has 0 saturated carbocycles. The number of ether oxygens (including phenoxy) is 1. The number of halogens is 4. The summed E-state index contributed by atoms with van der Waals surface area (Å²) in [5.74, 6) is 0.640. The van der Waals surface area contributed by atoms with Crippen LogP contribution in [0.25, 0.3) is 0 Å². The van der Waals surface area contributed by atoms with E-state index in [2.05, 4.69) is 4.74 Å². The van der Waals surface area contributed by atoms with Gasteiger partial charge in [-0.3, -0.25) is 4.79 Å². The zero-order valence-corrected chi connectivity index (χ0v) is 10.8. The maximum atomic E-state index is 11.8. The van der Waals surface area contributed by atoms with E-state index >= 15 is 0 Å². The summed E-state index contributed by atoms with van der Waals surface area (Å²) in [5, 5.41) is 0. The predicted octanol–water partition coefficient (Wildman–Crippen LogP) is 2.43. The highest BCUT2D eigenvalue weighted by Crippen LogP contribution is 2.18. The summed E-state index contributed by atoms with van der Waals surface area (Å²) >= 11 is 5.74. The molecule has 1 heterocycles. The van der Waals surface area contributed by atoms with Crippen molar-refractivity contribution in [2.45, 2.75) is 25.4 Å². The van der Waals surface area contributed by atoms with Gasteiger partial charge in [-0.2, -0.15) is 13.2 Å². The van der Waals surface area contributed by atoms with Crippen molar-refractivity contribution in [3.05, 3.63) is 0 Å². The standard InChI is InChI=1S/C11H17ClF3NO2/c12-6-9-2-1-4-16(7-9)10(17)3-5-18-8-11(13,14)15/h9H,1-8H2. The van der Waals surface area contributed by atoms with Crippen molar-refractivity contribution < 1.29 is 22.7 Å². The fourth-order valence-electron chi connectivity index (χ4n) is 1.92. The molecule has 0 aromatic rings. The molecule has 1 aliphatic heterocycles. The molecule has 1 unspecified atom stereocenters. The smallest absolute Gasteiger partial charge is 0.372 e. The van der Waals surface area contributed by atoms with Gasteiger partial charge in [-0.25, -0.2) is 0 Å². The molecule has 1 amide bonds. The summed E-state index contributed by atoms with van der Waals surface area (Å²) in [6.45, 7) is -0.238. The molecule has 0 aliphatic carbocycles. The van der Waals surface area contributed by atoms with Gasteiger partial charge in [0.15, 0.2) is 0 Å². The van der Waals surface area contributed by atoms with Gasteiger partial charge in [0.05, 0.1) is 13.0 Å². The second-order valence-corrected chi connectivity index (χ2v) is 4.73. The van der Waals surface area contributed by atoms with Crippen LogP contribution in [0.5, 0.6) is 0 Å². The molecule has 7 heteroatoms. The maximum absolute atomic E-state index is 11.8. The van der Waals surface area contributed by atoms with Gasteiger partial charge in [0.2, 0.25) is 5.91 Å². The summed E-state index contributed by atoms with van der Waals surface area (Å²) in [4.78, 5) is 13.4. The number of likely N-dealkylation sites (tertiary alicyclic amines) is 1. The minimum absolute atomic E-state index is 0.00884. The molecule has 18 heavy (non-hydrogen) atoms. The Kier molecular flexibility index (Phi) is 6.21. The Morgan fingerprint density at radius 1 is 1.44 bits per heavy atom. The molecule has 0 N–H and O–H groups in total. The van der Waals surface area contributed by atoms with Gasteiger partial charge in [0.25, 0.3) is 0 Å². The number of alkyl halides is 4. The van der Waals surface area contributed by atoms with E-state index in [0.717, 1.165) is 12.8 Å². The molecule has 3 nitrogen and oxygen atoms in total. The lowest BCUT2D eigenvalue weighted by atomic mass is 10.00. The van der Waals surface area contributed by atoms with E-state index < -0.39 is 12.8 Å². The molecule has 0 spiro atoms. The zero-order valence-electron chi connectivity index (χ0n) is 10.0. The molecule has 106 valence electrons. The first kappa shape index (κ1) is 15.6. The summed E-state index contributed by atoms with van der Waals surface area (Å²) in [7, 11) is 0. The normalized spacial score (nSPS) is 21.1. The highest BCUT2D eigenvalue weighted by molar-refractivity contribution is 6.18. The van der Waals surface area contributed by atoms with Crippen molar-refractivity contribution in [1.82, 2.24) is 4.90 Å². The van der Waals surface area contributed by atoms with Gasteiger partial charge >= 0.3 is 6.18 Å². The van der Waals surface area contributed by atoms with Gasteiger partial charge in [0.1, 0.15) is 6.61 Å². The van der Waals surface area contributed by atoms with E-state index in [9.17, 15) is 18.0 Å². The second kappa shape index (κ2) is 7.19. The van der Waals surface area contributed by atoms with Crippen molar-refractivity contribution >= 4 is 17.5 Å². The van der Waals surface area contributed by atoms with Gasteiger partial charge in [-0.15, -0.1) is 11.6 Å². The van der Waals surface area contributed by atoms with Crippen LogP contribution in [0.15, 0.2) is 0 Å². The third-order valence-electron chi connectivity index (χ3n) is 2.82. The first-order valence-corrected chi connectivity index (χ1v) is 6.44. The summed E-state index contributed by atoms with van der Waals surface area (Å²) in [5.41, 5.74) is 0. The van der Waals surface area contributed by atoms with Crippen LogP contribution >= 0.6 is 11.6 Å². The fraction of sp³-hybridized carbons (Fsp3) is 0.909. The quantitative estimate of drug-likeness (QED) is 0.574. The lowest BCUT2D eigenvalue weighted by molar-refractivity contribution is -0.175. The molecular weight excluding hydrogens is 271 g/mol. The third-order valence-corrected chi connectivity index (χ3v) is 3.25. The molecule has 1 saturated heterocycles. The number of nitrogens with zero attached hydrogens (tertiary/aromatic N) is 1. The Labute approximate surface area is 109 Å². The highest BCUT2D eigenvalue weighted by atomic mass is 35.5. The van der Waals surface area contributed by atoms with Crippen LogP contribution in [-0.4, -0.2) is 49.2 Å². The fourth-order valence-corrected chi connectivity index (χ4v) is 2.17. The van der Waals surface area contributed by atoms with Crippen LogP contribution in [0.2, 0.25) is 0 Å². The summed E-state index contributed by atoms with van der Waals surface area (Å²) < 4.78 is 39.8. The number of amides is 1. The van der Waals surface area contributed by atoms with Crippen molar-refractivity contribution in [1.29, 1.82) is 0 Å². The van der Waals surface area contributed by atoms with E-state index in [1.54, 1.807) is 4.90 Å². The number of carbonyl (C=O) groups excluding carboxylic acids is 1. The highest BCUT2D eigenvalue weighted by Gasteiger charge is 2.28. The lowest BCUT2D eigenvalue weighted by Gasteiger charge is -2.31. The average molecular weight is 288 g/mol. The van der Waals surface area contributed by atoms with E-state index in [1.807, 2.05) is 0 Å². The zero-order chi connectivity index (χ0) is 13.6. The second-order valence-electron chi connectivity index (χ2n) is 4.42. The Morgan fingerprint density at radius 2 is 2.17 bits per heavy atom. The van der Waals surface area contributed by atoms with Crippen LogP contribution in [0.1, 0.15) is 19.3 Å². The summed E-state index contributed by atoms with van der Waals surface area (Å²) in [6.07, 6.45) is -2.45. The number of hydrogen-bond acceptors (Lipinski definition) is 2. The average Bonchev–Trinajstić information content (AvgIpc) is 2.33. The van der Waals surface area contributed by atoms with Crippen molar-refractivity contribution in [2.75, 3.05) is 32.2 Å². The predicted molar refractivity (Wildman–Crippen MR) is 61.5 cm³/mol. The summed E-state index contributed by atoms with van der Waals surface area (Å²) in [6, 6.07) is 0. The lowest BCUT2D eigenvalue weighted by Crippen LogP contribution is -2.40. The molecule has 0 radical (unpaired) electrons. The third kappa shape index (κ3) is 5.91. The van der Waals surface area contributed by atoms with Crippen LogP contribution in [-0.2, 0) is 9.53 Å². The number of carbonyl (C=O) groups is 1. The molecule has 0 aromatic heterocycles. The van der Waals surface area contributed by atoms with Gasteiger partial charge < -0.3 is 9.64 Å². The van der Waals surface area contributed by atoms with E-state index in [4.69, 9.17) is 11.6 Å². The van der Waals surface area contributed by atoms with Gasteiger partial charge in [-0.1, -0.05) is 0 Å². The Bertz CT molecular complexity index is 274. The first-order chi connectivity index (χ1) is 8.42. The molecule has 0 bridgehead atoms. The van der Waals surface area contributed by atoms with E-state index in [0.29, 0.717) is 24.9 Å². The van der Waals surface area contributed by atoms with E-state index in [1.165, 1.54) is 0 Å². The first-order valence-electron chi connectivity index (χ1n) is 5.90. The minimum atomic E-state index is -4.34. The molecule has 1 fully saturated rings. The monoisotopic (exact) mass is 287 g/mol. The largest absolute Gasteiger partial charge is 0.411 e. The number of rotatable bonds is 5. The molecular formula is C11H17ClF3NO2. The maximum Gasteiger partial charge on any atom is 0.411 e. The van der Waals surface area contributed by atoms with Gasteiger partial charge in [0, 0.05) is 19.0 Å². The molecule has 1 aliphatic rings. The number of hydrogen-bond donors (Lipinski definition) is 0. The van der Waals surface area contributed by atoms with Crippen molar-refractivity contribution in [2.24, 2.45) is 5.92 Å². The topological polar surface area (TPSA) is 29.5 Å². The van der Waals surface area contributed by atoms with Crippen molar-refractivity contribution in [3.8, 4) is 0 Å². The molecule has 1 rings (SSSR count). The Balaban J connectivity index is 2.20. The number of piperidine rings is 1. The Morgan fingerprint density at radius 3 is 2.78 bits per heavy atom. The van der Waals surface area contributed by atoms with Crippen LogP contribution < -0.4 is 0 Å². The molecule has 0 aromatic carbocycles. The van der Waals surface area contributed by atoms with Crippen LogP contribution in [0.3, 0.4) is 0 Å². The van der Waals surface area contributed by atoms with Crippen LogP contribution in [0.4, 0.5) is 13.2 Å². The van der Waals surface area contributed by atoms with Gasteiger partial charge in [-0.05, 0) is 18.8 Å². The molecule has 1 atom stereocenters. The Hall–Kier alpha value is -0.490. The minimum Gasteiger partial charge on any atom is -0.372 e.